The Balaban J connectivity index is 2.23. The van der Waals surface area contributed by atoms with Gasteiger partial charge in [-0.2, -0.15) is 5.26 Å². The van der Waals surface area contributed by atoms with Crippen molar-refractivity contribution in [2.24, 2.45) is 0 Å². The fraction of sp³-hybridized carbons (Fsp3) is 0.400. The Hall–Kier alpha value is -0.600. The molecule has 0 aliphatic heterocycles. The molecule has 0 atom stereocenters. The van der Waals surface area contributed by atoms with Gasteiger partial charge in [0.05, 0.1) is 6.07 Å². The van der Waals surface area contributed by atoms with Crippen molar-refractivity contribution in [2.45, 2.75) is 10.8 Å². The van der Waals surface area contributed by atoms with Gasteiger partial charge in [0, 0.05) is 12.2 Å². The van der Waals surface area contributed by atoms with Crippen LogP contribution in [0.1, 0.15) is 6.42 Å². The molecule has 0 aliphatic carbocycles. The van der Waals surface area contributed by atoms with Crippen LogP contribution >= 0.6 is 23.1 Å². The lowest BCUT2D eigenvalue weighted by Gasteiger charge is -1.86. The maximum absolute atomic E-state index is 8.19. The summed E-state index contributed by atoms with van der Waals surface area (Å²) in [4.78, 5) is 0. The topological polar surface area (TPSA) is 49.6 Å². The standard InChI is InChI=1S/C5H4N3S2/c6-2-1-3-9-5-8-7-4-10-5/h1,3H2. The molecule has 1 radical (unpaired) electrons. The highest BCUT2D eigenvalue weighted by Gasteiger charge is 1.95. The Morgan fingerprint density at radius 2 is 2.70 bits per heavy atom. The molecule has 0 saturated heterocycles. The molecule has 0 N–H and O–H groups in total. The van der Waals surface area contributed by atoms with E-state index in [1.54, 1.807) is 11.8 Å². The normalized spacial score (nSPS) is 9.10. The number of rotatable bonds is 3. The van der Waals surface area contributed by atoms with Gasteiger partial charge >= 0.3 is 0 Å². The van der Waals surface area contributed by atoms with Crippen LogP contribution in [0.25, 0.3) is 0 Å². The first kappa shape index (κ1) is 7.51. The Morgan fingerprint density at radius 1 is 1.80 bits per heavy atom. The van der Waals surface area contributed by atoms with Crippen molar-refractivity contribution in [3.63, 3.8) is 0 Å². The molecular formula is C5H4N3S2. The maximum Gasteiger partial charge on any atom is 0.179 e. The van der Waals surface area contributed by atoms with Gasteiger partial charge in [-0.1, -0.05) is 23.1 Å². The van der Waals surface area contributed by atoms with E-state index in [0.29, 0.717) is 6.42 Å². The molecule has 51 valence electrons. The summed E-state index contributed by atoms with van der Waals surface area (Å²) < 4.78 is 0.884. The summed E-state index contributed by atoms with van der Waals surface area (Å²) in [5, 5.41) is 15.5. The van der Waals surface area contributed by atoms with Crippen molar-refractivity contribution < 1.29 is 0 Å². The van der Waals surface area contributed by atoms with Gasteiger partial charge in [0.1, 0.15) is 0 Å². The molecule has 0 unspecified atom stereocenters. The summed E-state index contributed by atoms with van der Waals surface area (Å²) in [5.41, 5.74) is 2.63. The first-order valence-corrected chi connectivity index (χ1v) is 4.43. The van der Waals surface area contributed by atoms with Crippen LogP contribution in [0.4, 0.5) is 0 Å². The second-order valence-corrected chi connectivity index (χ2v) is 3.53. The van der Waals surface area contributed by atoms with Gasteiger partial charge in [0.15, 0.2) is 9.85 Å². The highest BCUT2D eigenvalue weighted by Crippen LogP contribution is 2.18. The highest BCUT2D eigenvalue weighted by atomic mass is 32.2. The van der Waals surface area contributed by atoms with Crippen LogP contribution in [0.5, 0.6) is 0 Å². The van der Waals surface area contributed by atoms with Crippen LogP contribution in [0.2, 0.25) is 0 Å². The minimum atomic E-state index is 0.560. The molecule has 0 aromatic carbocycles. The van der Waals surface area contributed by atoms with Crippen molar-refractivity contribution in [2.75, 3.05) is 5.75 Å². The van der Waals surface area contributed by atoms with Gasteiger partial charge in [-0.05, 0) is 0 Å². The minimum absolute atomic E-state index is 0.560. The lowest BCUT2D eigenvalue weighted by atomic mass is 10.6. The highest BCUT2D eigenvalue weighted by molar-refractivity contribution is 8.00. The first-order chi connectivity index (χ1) is 4.93. The van der Waals surface area contributed by atoms with E-state index in [2.05, 4.69) is 21.8 Å². The van der Waals surface area contributed by atoms with Crippen LogP contribution in [-0.4, -0.2) is 16.0 Å². The zero-order chi connectivity index (χ0) is 7.23. The summed E-state index contributed by atoms with van der Waals surface area (Å²) in [5.74, 6) is 0.791. The second kappa shape index (κ2) is 4.25. The van der Waals surface area contributed by atoms with Gasteiger partial charge in [-0.25, -0.2) is 0 Å². The van der Waals surface area contributed by atoms with Crippen LogP contribution in [-0.2, 0) is 0 Å². The minimum Gasteiger partial charge on any atom is -0.198 e. The fourth-order valence-electron chi connectivity index (χ4n) is 0.383. The second-order valence-electron chi connectivity index (χ2n) is 1.42. The molecule has 10 heavy (non-hydrogen) atoms. The smallest absolute Gasteiger partial charge is 0.179 e. The maximum atomic E-state index is 8.19. The quantitative estimate of drug-likeness (QED) is 0.507. The third-order valence-corrected chi connectivity index (χ3v) is 2.51. The van der Waals surface area contributed by atoms with E-state index in [4.69, 9.17) is 5.26 Å². The zero-order valence-corrected chi connectivity index (χ0v) is 6.71. The van der Waals surface area contributed by atoms with E-state index >= 15 is 0 Å². The van der Waals surface area contributed by atoms with Gasteiger partial charge in [-0.15, -0.1) is 10.2 Å². The fourth-order valence-corrected chi connectivity index (χ4v) is 1.69. The summed E-state index contributed by atoms with van der Waals surface area (Å²) in [6.07, 6.45) is 0.560. The van der Waals surface area contributed by atoms with E-state index in [0.717, 1.165) is 10.1 Å². The van der Waals surface area contributed by atoms with E-state index in [9.17, 15) is 0 Å². The van der Waals surface area contributed by atoms with E-state index < -0.39 is 0 Å². The summed E-state index contributed by atoms with van der Waals surface area (Å²) >= 11 is 2.92. The SMILES string of the molecule is N#CCCSc1nn[c]s1. The molecule has 0 bridgehead atoms. The van der Waals surface area contributed by atoms with Crippen LogP contribution in [0.15, 0.2) is 4.34 Å². The number of nitriles is 1. The van der Waals surface area contributed by atoms with Crippen molar-refractivity contribution in [1.82, 2.24) is 10.2 Å². The molecule has 1 rings (SSSR count). The predicted molar refractivity (Wildman–Crippen MR) is 39.7 cm³/mol. The third kappa shape index (κ3) is 2.33. The number of hydrogen-bond acceptors (Lipinski definition) is 5. The molecule has 1 aromatic heterocycles. The first-order valence-electron chi connectivity index (χ1n) is 2.63. The van der Waals surface area contributed by atoms with Crippen molar-refractivity contribution in [3.05, 3.63) is 5.51 Å². The van der Waals surface area contributed by atoms with E-state index in [1.807, 2.05) is 0 Å². The third-order valence-electron chi connectivity index (χ3n) is 0.745. The van der Waals surface area contributed by atoms with E-state index in [-0.39, 0.29) is 0 Å². The molecule has 1 aromatic rings. The molecular weight excluding hydrogens is 166 g/mol. The lowest BCUT2D eigenvalue weighted by Crippen LogP contribution is -1.75. The van der Waals surface area contributed by atoms with Crippen LogP contribution < -0.4 is 0 Å². The van der Waals surface area contributed by atoms with Crippen molar-refractivity contribution in [3.8, 4) is 6.07 Å². The Kier molecular flexibility index (Phi) is 3.19. The van der Waals surface area contributed by atoms with E-state index in [1.165, 1.54) is 11.3 Å². The molecule has 5 heteroatoms. The lowest BCUT2D eigenvalue weighted by molar-refractivity contribution is 1.01. The molecule has 0 fully saturated rings. The number of hydrogen-bond donors (Lipinski definition) is 0. The molecule has 0 saturated carbocycles. The molecule has 0 amide bonds. The van der Waals surface area contributed by atoms with Crippen LogP contribution in [0.3, 0.4) is 0 Å². The monoisotopic (exact) mass is 170 g/mol. The summed E-state index contributed by atoms with van der Waals surface area (Å²) in [6, 6.07) is 2.06. The molecule has 0 aliphatic rings. The summed E-state index contributed by atoms with van der Waals surface area (Å²) in [7, 11) is 0. The van der Waals surface area contributed by atoms with Crippen molar-refractivity contribution >= 4 is 23.1 Å². The van der Waals surface area contributed by atoms with Gasteiger partial charge in [-0.3, -0.25) is 0 Å². The van der Waals surface area contributed by atoms with Crippen LogP contribution in [0, 0.1) is 16.8 Å². The Morgan fingerprint density at radius 3 is 3.30 bits per heavy atom. The van der Waals surface area contributed by atoms with Gasteiger partial charge in [0.2, 0.25) is 0 Å². The van der Waals surface area contributed by atoms with Gasteiger partial charge < -0.3 is 0 Å². The van der Waals surface area contributed by atoms with Crippen molar-refractivity contribution in [1.29, 1.82) is 5.26 Å². The molecule has 1 heterocycles. The Bertz CT molecular complexity index is 213. The Labute approximate surface area is 67.1 Å². The number of aromatic nitrogens is 2. The zero-order valence-electron chi connectivity index (χ0n) is 5.07. The number of thioether (sulfide) groups is 1. The predicted octanol–water partition coefficient (Wildman–Crippen LogP) is 1.34. The molecule has 3 nitrogen and oxygen atoms in total. The number of nitrogens with zero attached hydrogens (tertiary/aromatic N) is 3. The van der Waals surface area contributed by atoms with Gasteiger partial charge in [0.25, 0.3) is 0 Å². The molecule has 0 spiro atoms. The average molecular weight is 170 g/mol. The average Bonchev–Trinajstić information content (AvgIpc) is 2.41. The summed E-state index contributed by atoms with van der Waals surface area (Å²) in [6.45, 7) is 0. The largest absolute Gasteiger partial charge is 0.198 e.